The van der Waals surface area contributed by atoms with Gasteiger partial charge in [0.05, 0.1) is 6.61 Å². The summed E-state index contributed by atoms with van der Waals surface area (Å²) in [4.78, 5) is 2.53. The molecule has 0 radical (unpaired) electrons. The minimum atomic E-state index is 0.239. The second kappa shape index (κ2) is 13.6. The predicted molar refractivity (Wildman–Crippen MR) is 97.0 cm³/mol. The summed E-state index contributed by atoms with van der Waals surface area (Å²) >= 11 is 0. The van der Waals surface area contributed by atoms with E-state index in [1.54, 1.807) is 0 Å². The van der Waals surface area contributed by atoms with Crippen molar-refractivity contribution in [2.75, 3.05) is 27.3 Å². The lowest BCUT2D eigenvalue weighted by Gasteiger charge is -2.52. The van der Waals surface area contributed by atoms with E-state index in [4.69, 9.17) is 4.74 Å². The zero-order valence-corrected chi connectivity index (χ0v) is 16.5. The first-order valence-corrected chi connectivity index (χ1v) is 9.30. The standard InChI is InChI=1S/C15H31NO.2C2H6/c1-6-8-13-10-11-16(4)15(3,12-17-5)14(13)9-7-2;2*1-2/h13-14H,6-12H2,1-5H3;2*1-2H3. The first-order chi connectivity index (χ1) is 10.1. The van der Waals surface area contributed by atoms with E-state index in [9.17, 15) is 0 Å². The predicted octanol–water partition coefficient (Wildman–Crippen LogP) is 5.61. The van der Waals surface area contributed by atoms with Gasteiger partial charge in [-0.3, -0.25) is 4.90 Å². The van der Waals surface area contributed by atoms with Crippen LogP contribution in [0.25, 0.3) is 0 Å². The zero-order valence-electron chi connectivity index (χ0n) is 16.5. The highest BCUT2D eigenvalue weighted by Gasteiger charge is 2.44. The van der Waals surface area contributed by atoms with Gasteiger partial charge in [-0.2, -0.15) is 0 Å². The number of methoxy groups -OCH3 is 1. The number of nitrogens with zero attached hydrogens (tertiary/aromatic N) is 1. The Hall–Kier alpha value is -0.0800. The van der Waals surface area contributed by atoms with Gasteiger partial charge in [0.2, 0.25) is 0 Å². The molecule has 1 saturated heterocycles. The van der Waals surface area contributed by atoms with E-state index in [-0.39, 0.29) is 5.54 Å². The molecule has 1 rings (SSSR count). The maximum atomic E-state index is 5.52. The molecule has 1 heterocycles. The molecular formula is C19H43NO. The molecule has 1 aliphatic heterocycles. The number of piperidine rings is 1. The molecule has 0 spiro atoms. The van der Waals surface area contributed by atoms with Crippen molar-refractivity contribution >= 4 is 0 Å². The molecule has 2 heteroatoms. The molecule has 3 atom stereocenters. The highest BCUT2D eigenvalue weighted by molar-refractivity contribution is 4.98. The van der Waals surface area contributed by atoms with Crippen LogP contribution in [-0.2, 0) is 4.74 Å². The molecule has 1 aliphatic rings. The Morgan fingerprint density at radius 2 is 1.57 bits per heavy atom. The van der Waals surface area contributed by atoms with Gasteiger partial charge in [0, 0.05) is 12.6 Å². The maximum absolute atomic E-state index is 5.52. The Labute approximate surface area is 135 Å². The van der Waals surface area contributed by atoms with Crippen molar-refractivity contribution in [1.82, 2.24) is 4.90 Å². The largest absolute Gasteiger partial charge is 0.383 e. The number of hydrogen-bond donors (Lipinski definition) is 0. The van der Waals surface area contributed by atoms with Gasteiger partial charge in [-0.1, -0.05) is 60.8 Å². The molecule has 0 bridgehead atoms. The molecule has 0 N–H and O–H groups in total. The maximum Gasteiger partial charge on any atom is 0.0646 e. The normalized spacial score (nSPS) is 29.0. The van der Waals surface area contributed by atoms with E-state index in [1.807, 2.05) is 34.8 Å². The quantitative estimate of drug-likeness (QED) is 0.632. The van der Waals surface area contributed by atoms with Crippen molar-refractivity contribution in [2.24, 2.45) is 11.8 Å². The average Bonchev–Trinajstić information content (AvgIpc) is 2.52. The van der Waals surface area contributed by atoms with Crippen LogP contribution >= 0.6 is 0 Å². The molecule has 0 amide bonds. The summed E-state index contributed by atoms with van der Waals surface area (Å²) in [6.07, 6.45) is 6.71. The lowest BCUT2D eigenvalue weighted by Crippen LogP contribution is -2.59. The fourth-order valence-corrected chi connectivity index (χ4v) is 3.69. The van der Waals surface area contributed by atoms with E-state index in [0.717, 1.165) is 18.4 Å². The van der Waals surface area contributed by atoms with Gasteiger partial charge in [0.25, 0.3) is 0 Å². The summed E-state index contributed by atoms with van der Waals surface area (Å²) in [5.41, 5.74) is 0.239. The summed E-state index contributed by atoms with van der Waals surface area (Å²) in [6.45, 7) is 17.1. The van der Waals surface area contributed by atoms with Crippen LogP contribution in [0.15, 0.2) is 0 Å². The molecule has 2 nitrogen and oxygen atoms in total. The van der Waals surface area contributed by atoms with Crippen LogP contribution in [0.2, 0.25) is 0 Å². The average molecular weight is 302 g/mol. The lowest BCUT2D eigenvalue weighted by atomic mass is 9.68. The number of ether oxygens (including phenoxy) is 1. The van der Waals surface area contributed by atoms with Crippen LogP contribution in [0.1, 0.15) is 80.6 Å². The monoisotopic (exact) mass is 301 g/mol. The Bertz CT molecular complexity index is 220. The van der Waals surface area contributed by atoms with Gasteiger partial charge in [-0.05, 0) is 45.2 Å². The zero-order chi connectivity index (χ0) is 16.9. The lowest BCUT2D eigenvalue weighted by molar-refractivity contribution is -0.0616. The Morgan fingerprint density at radius 1 is 1.05 bits per heavy atom. The van der Waals surface area contributed by atoms with E-state index >= 15 is 0 Å². The van der Waals surface area contributed by atoms with Crippen LogP contribution in [0, 0.1) is 11.8 Å². The molecule has 3 unspecified atom stereocenters. The van der Waals surface area contributed by atoms with E-state index in [2.05, 4.69) is 32.7 Å². The van der Waals surface area contributed by atoms with Crippen LogP contribution in [0.3, 0.4) is 0 Å². The van der Waals surface area contributed by atoms with Gasteiger partial charge in [0.15, 0.2) is 0 Å². The topological polar surface area (TPSA) is 12.5 Å². The molecule has 0 aromatic carbocycles. The van der Waals surface area contributed by atoms with E-state index < -0.39 is 0 Å². The fraction of sp³-hybridized carbons (Fsp3) is 1.00. The van der Waals surface area contributed by atoms with E-state index in [1.165, 1.54) is 38.6 Å². The third-order valence-electron chi connectivity index (χ3n) is 4.77. The van der Waals surface area contributed by atoms with Crippen LogP contribution in [-0.4, -0.2) is 37.7 Å². The highest BCUT2D eigenvalue weighted by Crippen LogP contribution is 2.41. The van der Waals surface area contributed by atoms with Crippen molar-refractivity contribution in [3.63, 3.8) is 0 Å². The third-order valence-corrected chi connectivity index (χ3v) is 4.77. The SMILES string of the molecule is CC.CC.CCCC1CCN(C)C(C)(COC)C1CCC. The second-order valence-electron chi connectivity index (χ2n) is 5.94. The molecule has 1 fully saturated rings. The summed E-state index contributed by atoms with van der Waals surface area (Å²) < 4.78 is 5.52. The summed E-state index contributed by atoms with van der Waals surface area (Å²) in [7, 11) is 4.11. The molecule has 130 valence electrons. The fourth-order valence-electron chi connectivity index (χ4n) is 3.69. The summed E-state index contributed by atoms with van der Waals surface area (Å²) in [5, 5.41) is 0. The van der Waals surface area contributed by atoms with Crippen LogP contribution < -0.4 is 0 Å². The molecule has 0 saturated carbocycles. The minimum Gasteiger partial charge on any atom is -0.383 e. The Balaban J connectivity index is 0. The Kier molecular flexibility index (Phi) is 15.0. The van der Waals surface area contributed by atoms with Crippen molar-refractivity contribution in [3.8, 4) is 0 Å². The van der Waals surface area contributed by atoms with E-state index in [0.29, 0.717) is 0 Å². The highest BCUT2D eigenvalue weighted by atomic mass is 16.5. The molecule has 0 aliphatic carbocycles. The summed E-state index contributed by atoms with van der Waals surface area (Å²) in [5.74, 6) is 1.70. The van der Waals surface area contributed by atoms with Crippen molar-refractivity contribution < 1.29 is 4.74 Å². The van der Waals surface area contributed by atoms with Gasteiger partial charge in [-0.15, -0.1) is 0 Å². The number of likely N-dealkylation sites (N-methyl/N-ethyl adjacent to an activating group) is 1. The summed E-state index contributed by atoms with van der Waals surface area (Å²) in [6, 6.07) is 0. The number of rotatable bonds is 6. The van der Waals surface area contributed by atoms with Crippen molar-refractivity contribution in [1.29, 1.82) is 0 Å². The number of hydrogen-bond acceptors (Lipinski definition) is 2. The minimum absolute atomic E-state index is 0.239. The van der Waals surface area contributed by atoms with Gasteiger partial charge in [-0.25, -0.2) is 0 Å². The van der Waals surface area contributed by atoms with Crippen molar-refractivity contribution in [3.05, 3.63) is 0 Å². The van der Waals surface area contributed by atoms with Gasteiger partial charge < -0.3 is 4.74 Å². The molecular weight excluding hydrogens is 258 g/mol. The third kappa shape index (κ3) is 6.69. The van der Waals surface area contributed by atoms with Crippen molar-refractivity contribution in [2.45, 2.75) is 86.1 Å². The smallest absolute Gasteiger partial charge is 0.0646 e. The van der Waals surface area contributed by atoms with Crippen LogP contribution in [0.4, 0.5) is 0 Å². The molecule has 21 heavy (non-hydrogen) atoms. The van der Waals surface area contributed by atoms with Gasteiger partial charge in [0.1, 0.15) is 0 Å². The van der Waals surface area contributed by atoms with Crippen LogP contribution in [0.5, 0.6) is 0 Å². The number of likely N-dealkylation sites (tertiary alicyclic amines) is 1. The Morgan fingerprint density at radius 3 is 2.00 bits per heavy atom. The van der Waals surface area contributed by atoms with Gasteiger partial charge >= 0.3 is 0 Å². The first-order valence-electron chi connectivity index (χ1n) is 9.30. The molecule has 0 aromatic rings. The first kappa shape index (κ1) is 23.2. The second-order valence-corrected chi connectivity index (χ2v) is 5.94. The molecule has 0 aromatic heterocycles.